The number of halogens is 1. The number of benzene rings is 3. The summed E-state index contributed by atoms with van der Waals surface area (Å²) >= 11 is 4.83. The van der Waals surface area contributed by atoms with Crippen LogP contribution in [0, 0.1) is 6.92 Å². The monoisotopic (exact) mass is 566 g/mol. The number of rotatable bonds is 8. The number of amidine groups is 1. The molecule has 1 amide bonds. The fourth-order valence-corrected chi connectivity index (χ4v) is 4.76. The standard InChI is InChI=1S/C27H23BrN2O5S/c1-3-34-22-13-18(12-21(28)24(22)35-15-17-6-8-19(9-7-17)26(32)33)14-23-25(31)30-27(36-23)29-20-10-4-16(2)5-11-20/h4-14H,3,15H2,1-2H3,(H,32,33)(H,29,30,31)/b23-14+. The van der Waals surface area contributed by atoms with Gasteiger partial charge in [-0.05, 0) is 95.1 Å². The first-order valence-electron chi connectivity index (χ1n) is 11.1. The van der Waals surface area contributed by atoms with Gasteiger partial charge in [-0.1, -0.05) is 29.8 Å². The lowest BCUT2D eigenvalue weighted by Crippen LogP contribution is -2.19. The van der Waals surface area contributed by atoms with E-state index in [0.29, 0.717) is 32.7 Å². The first-order chi connectivity index (χ1) is 17.3. The molecule has 7 nitrogen and oxygen atoms in total. The Labute approximate surface area is 221 Å². The number of carbonyl (C=O) groups excluding carboxylic acids is 1. The van der Waals surface area contributed by atoms with Crippen molar-refractivity contribution in [2.24, 2.45) is 4.99 Å². The zero-order chi connectivity index (χ0) is 25.7. The van der Waals surface area contributed by atoms with Crippen molar-refractivity contribution >= 4 is 56.5 Å². The van der Waals surface area contributed by atoms with Crippen molar-refractivity contribution in [3.8, 4) is 11.5 Å². The van der Waals surface area contributed by atoms with Crippen molar-refractivity contribution in [3.63, 3.8) is 0 Å². The van der Waals surface area contributed by atoms with Crippen molar-refractivity contribution in [2.45, 2.75) is 20.5 Å². The second kappa shape index (κ2) is 11.5. The summed E-state index contributed by atoms with van der Waals surface area (Å²) in [5.41, 5.74) is 3.71. The predicted octanol–water partition coefficient (Wildman–Crippen LogP) is 6.33. The maximum absolute atomic E-state index is 12.5. The van der Waals surface area contributed by atoms with Crippen LogP contribution in [0.1, 0.15) is 34.0 Å². The van der Waals surface area contributed by atoms with Gasteiger partial charge in [0.2, 0.25) is 0 Å². The molecule has 4 rings (SSSR count). The number of nitrogens with one attached hydrogen (secondary N) is 1. The lowest BCUT2D eigenvalue weighted by molar-refractivity contribution is -0.115. The van der Waals surface area contributed by atoms with Crippen molar-refractivity contribution in [2.75, 3.05) is 6.61 Å². The van der Waals surface area contributed by atoms with E-state index in [-0.39, 0.29) is 18.1 Å². The first kappa shape index (κ1) is 25.5. The molecule has 2 N–H and O–H groups in total. The number of amides is 1. The molecule has 184 valence electrons. The molecule has 3 aromatic carbocycles. The average molecular weight is 567 g/mol. The van der Waals surface area contributed by atoms with Crippen molar-refractivity contribution in [1.29, 1.82) is 0 Å². The molecule has 36 heavy (non-hydrogen) atoms. The minimum atomic E-state index is -0.976. The van der Waals surface area contributed by atoms with E-state index in [0.717, 1.165) is 22.4 Å². The van der Waals surface area contributed by atoms with E-state index in [1.807, 2.05) is 50.2 Å². The molecule has 1 aliphatic heterocycles. The van der Waals surface area contributed by atoms with Gasteiger partial charge in [0.25, 0.3) is 5.91 Å². The number of aliphatic imine (C=N–C) groups is 1. The van der Waals surface area contributed by atoms with Gasteiger partial charge in [-0.15, -0.1) is 0 Å². The van der Waals surface area contributed by atoms with Gasteiger partial charge >= 0.3 is 5.97 Å². The van der Waals surface area contributed by atoms with Crippen LogP contribution in [-0.4, -0.2) is 28.8 Å². The molecule has 0 unspecified atom stereocenters. The van der Waals surface area contributed by atoms with Gasteiger partial charge in [0, 0.05) is 0 Å². The molecule has 0 atom stereocenters. The normalized spacial score (nSPS) is 15.2. The maximum Gasteiger partial charge on any atom is 0.335 e. The largest absolute Gasteiger partial charge is 0.490 e. The quantitative estimate of drug-likeness (QED) is 0.309. The molecule has 0 spiro atoms. The summed E-state index contributed by atoms with van der Waals surface area (Å²) in [5, 5.41) is 12.4. The van der Waals surface area contributed by atoms with Gasteiger partial charge in [0.05, 0.1) is 27.2 Å². The van der Waals surface area contributed by atoms with Gasteiger partial charge in [-0.25, -0.2) is 9.79 Å². The van der Waals surface area contributed by atoms with Crippen molar-refractivity contribution < 1.29 is 24.2 Å². The maximum atomic E-state index is 12.5. The highest BCUT2D eigenvalue weighted by Gasteiger charge is 2.24. The number of hydrogen-bond donors (Lipinski definition) is 2. The van der Waals surface area contributed by atoms with Crippen LogP contribution in [-0.2, 0) is 11.4 Å². The lowest BCUT2D eigenvalue weighted by Gasteiger charge is -2.15. The van der Waals surface area contributed by atoms with Crippen LogP contribution in [0.4, 0.5) is 5.69 Å². The van der Waals surface area contributed by atoms with Crippen LogP contribution in [0.15, 0.2) is 75.0 Å². The Hall–Kier alpha value is -3.56. The fraction of sp³-hybridized carbons (Fsp3) is 0.148. The third kappa shape index (κ3) is 6.35. The first-order valence-corrected chi connectivity index (χ1v) is 12.7. The Bertz CT molecular complexity index is 1350. The Morgan fingerprint density at radius 1 is 1.11 bits per heavy atom. The van der Waals surface area contributed by atoms with E-state index in [9.17, 15) is 9.59 Å². The molecule has 0 radical (unpaired) electrons. The minimum Gasteiger partial charge on any atom is -0.490 e. The number of carboxylic acid groups (broad SMARTS) is 1. The van der Waals surface area contributed by atoms with Gasteiger partial charge in [0.15, 0.2) is 16.7 Å². The summed E-state index contributed by atoms with van der Waals surface area (Å²) in [6.07, 6.45) is 1.78. The summed E-state index contributed by atoms with van der Waals surface area (Å²) in [7, 11) is 0. The average Bonchev–Trinajstić information content (AvgIpc) is 3.18. The second-order valence-electron chi connectivity index (χ2n) is 7.87. The molecule has 0 aliphatic carbocycles. The summed E-state index contributed by atoms with van der Waals surface area (Å²) in [4.78, 5) is 28.6. The third-order valence-electron chi connectivity index (χ3n) is 5.13. The van der Waals surface area contributed by atoms with Crippen LogP contribution in [0.3, 0.4) is 0 Å². The number of carbonyl (C=O) groups is 2. The molecule has 0 saturated carbocycles. The Morgan fingerprint density at radius 2 is 1.83 bits per heavy atom. The number of carboxylic acids is 1. The summed E-state index contributed by atoms with van der Waals surface area (Å²) in [5.74, 6) is -0.148. The molecule has 0 aromatic heterocycles. The molecule has 0 bridgehead atoms. The zero-order valence-corrected chi connectivity index (χ0v) is 22.0. The highest BCUT2D eigenvalue weighted by molar-refractivity contribution is 9.10. The van der Waals surface area contributed by atoms with E-state index in [1.165, 1.54) is 23.9 Å². The lowest BCUT2D eigenvalue weighted by atomic mass is 10.1. The number of thioether (sulfide) groups is 1. The van der Waals surface area contributed by atoms with Crippen LogP contribution < -0.4 is 14.8 Å². The number of aryl methyl sites for hydroxylation is 1. The van der Waals surface area contributed by atoms with E-state index in [2.05, 4.69) is 26.2 Å². The van der Waals surface area contributed by atoms with E-state index in [1.54, 1.807) is 18.2 Å². The summed E-state index contributed by atoms with van der Waals surface area (Å²) in [6.45, 7) is 4.55. The number of ether oxygens (including phenoxy) is 2. The molecule has 1 saturated heterocycles. The van der Waals surface area contributed by atoms with Gasteiger partial charge in [0.1, 0.15) is 6.61 Å². The van der Waals surface area contributed by atoms with Crippen LogP contribution >= 0.6 is 27.7 Å². The van der Waals surface area contributed by atoms with Crippen LogP contribution in [0.2, 0.25) is 0 Å². The Kier molecular flexibility index (Phi) is 8.12. The minimum absolute atomic E-state index is 0.216. The number of hydrogen-bond acceptors (Lipinski definition) is 6. The highest BCUT2D eigenvalue weighted by Crippen LogP contribution is 2.39. The predicted molar refractivity (Wildman–Crippen MR) is 145 cm³/mol. The van der Waals surface area contributed by atoms with E-state index < -0.39 is 5.97 Å². The third-order valence-corrected chi connectivity index (χ3v) is 6.63. The van der Waals surface area contributed by atoms with Crippen LogP contribution in [0.25, 0.3) is 6.08 Å². The second-order valence-corrected chi connectivity index (χ2v) is 9.76. The smallest absolute Gasteiger partial charge is 0.335 e. The summed E-state index contributed by atoms with van der Waals surface area (Å²) in [6, 6.07) is 17.9. The number of aromatic carboxylic acids is 1. The molecular formula is C27H23BrN2O5S. The topological polar surface area (TPSA) is 97.2 Å². The molecule has 1 heterocycles. The molecule has 3 aromatic rings. The number of nitrogens with zero attached hydrogens (tertiary/aromatic N) is 1. The van der Waals surface area contributed by atoms with Crippen LogP contribution in [0.5, 0.6) is 11.5 Å². The van der Waals surface area contributed by atoms with Crippen molar-refractivity contribution in [1.82, 2.24) is 5.32 Å². The Morgan fingerprint density at radius 3 is 2.50 bits per heavy atom. The SMILES string of the molecule is CCOc1cc(/C=C2/SC(=Nc3ccc(C)cc3)NC2=O)cc(Br)c1OCc1ccc(C(=O)O)cc1. The van der Waals surface area contributed by atoms with E-state index >= 15 is 0 Å². The van der Waals surface area contributed by atoms with Gasteiger partial charge < -0.3 is 19.9 Å². The molecule has 1 aliphatic rings. The Balaban J connectivity index is 1.53. The molecule has 9 heteroatoms. The van der Waals surface area contributed by atoms with Gasteiger partial charge in [-0.2, -0.15) is 0 Å². The zero-order valence-electron chi connectivity index (χ0n) is 19.6. The molecule has 1 fully saturated rings. The van der Waals surface area contributed by atoms with Crippen molar-refractivity contribution in [3.05, 3.63) is 92.3 Å². The molecular weight excluding hydrogens is 544 g/mol. The van der Waals surface area contributed by atoms with Gasteiger partial charge in [-0.3, -0.25) is 4.79 Å². The highest BCUT2D eigenvalue weighted by atomic mass is 79.9. The van der Waals surface area contributed by atoms with E-state index in [4.69, 9.17) is 14.6 Å². The fourth-order valence-electron chi connectivity index (χ4n) is 3.34. The summed E-state index contributed by atoms with van der Waals surface area (Å²) < 4.78 is 12.5.